The maximum Gasteiger partial charge on any atom is 0.222 e. The number of aliphatic imine (C=N–C) groups is 1. The maximum atomic E-state index is 11.8. The molecule has 0 radical (unpaired) electrons. The number of guanidine groups is 1. The van der Waals surface area contributed by atoms with E-state index in [0.29, 0.717) is 19.6 Å². The Hall–Kier alpha value is -2.08. The van der Waals surface area contributed by atoms with Crippen molar-refractivity contribution in [1.29, 1.82) is 0 Å². The van der Waals surface area contributed by atoms with Crippen LogP contribution in [0.3, 0.4) is 0 Å². The van der Waals surface area contributed by atoms with E-state index in [-0.39, 0.29) is 18.1 Å². The van der Waals surface area contributed by atoms with Crippen LogP contribution in [0.2, 0.25) is 0 Å². The van der Waals surface area contributed by atoms with Crippen LogP contribution in [0.25, 0.3) is 0 Å². The van der Waals surface area contributed by atoms with Crippen LogP contribution in [0.15, 0.2) is 29.3 Å². The molecule has 26 heavy (non-hydrogen) atoms. The molecule has 1 heterocycles. The third-order valence-corrected chi connectivity index (χ3v) is 4.29. The summed E-state index contributed by atoms with van der Waals surface area (Å²) < 4.78 is 6.00. The Kier molecular flexibility index (Phi) is 7.91. The van der Waals surface area contributed by atoms with Crippen molar-refractivity contribution in [3.05, 3.63) is 35.4 Å². The lowest BCUT2D eigenvalue weighted by Gasteiger charge is -2.35. The van der Waals surface area contributed by atoms with Gasteiger partial charge in [0.15, 0.2) is 5.96 Å². The number of carbonyl (C=O) groups is 1. The summed E-state index contributed by atoms with van der Waals surface area (Å²) in [6, 6.07) is 8.51. The number of hydrogen-bond donors (Lipinski definition) is 2. The molecule has 0 aliphatic carbocycles. The number of hydrogen-bond acceptors (Lipinski definition) is 3. The van der Waals surface area contributed by atoms with Crippen molar-refractivity contribution in [2.45, 2.75) is 46.3 Å². The van der Waals surface area contributed by atoms with Gasteiger partial charge in [-0.25, -0.2) is 0 Å². The van der Waals surface area contributed by atoms with E-state index < -0.39 is 0 Å². The summed E-state index contributed by atoms with van der Waals surface area (Å²) in [5, 5.41) is 6.24. The van der Waals surface area contributed by atoms with E-state index in [4.69, 9.17) is 4.74 Å². The van der Waals surface area contributed by atoms with Crippen molar-refractivity contribution in [2.75, 3.05) is 32.8 Å². The summed E-state index contributed by atoms with van der Waals surface area (Å²) in [7, 11) is 0. The number of amides is 1. The highest BCUT2D eigenvalue weighted by Crippen LogP contribution is 2.24. The normalized spacial score (nSPS) is 18.1. The molecule has 6 nitrogen and oxygen atoms in total. The molecule has 1 unspecified atom stereocenters. The van der Waals surface area contributed by atoms with Gasteiger partial charge in [-0.05, 0) is 38.8 Å². The predicted octanol–water partition coefficient (Wildman–Crippen LogP) is 2.25. The average Bonchev–Trinajstić information content (AvgIpc) is 2.61. The number of nitrogens with zero attached hydrogens (tertiary/aromatic N) is 2. The molecule has 0 aromatic heterocycles. The molecule has 0 bridgehead atoms. The van der Waals surface area contributed by atoms with Gasteiger partial charge in [0.2, 0.25) is 5.91 Å². The first-order chi connectivity index (χ1) is 12.5. The van der Waals surface area contributed by atoms with E-state index >= 15 is 0 Å². The molecule has 0 saturated carbocycles. The first-order valence-corrected chi connectivity index (χ1v) is 9.51. The number of morpholine rings is 1. The van der Waals surface area contributed by atoms with Gasteiger partial charge in [0, 0.05) is 25.6 Å². The fraction of sp³-hybridized carbons (Fsp3) is 0.600. The molecule has 144 valence electrons. The van der Waals surface area contributed by atoms with Crippen LogP contribution in [0.1, 0.15) is 44.4 Å². The molecule has 2 rings (SSSR count). The third-order valence-electron chi connectivity index (χ3n) is 4.29. The summed E-state index contributed by atoms with van der Waals surface area (Å²) >= 11 is 0. The van der Waals surface area contributed by atoms with E-state index in [9.17, 15) is 4.79 Å². The second-order valence-corrected chi connectivity index (χ2v) is 6.87. The van der Waals surface area contributed by atoms with E-state index in [0.717, 1.165) is 25.6 Å². The van der Waals surface area contributed by atoms with Crippen LogP contribution in [0, 0.1) is 6.92 Å². The van der Waals surface area contributed by atoms with E-state index in [1.807, 2.05) is 19.9 Å². The highest BCUT2D eigenvalue weighted by Gasteiger charge is 2.25. The number of aryl methyl sites for hydroxylation is 1. The minimum Gasteiger partial charge on any atom is -0.370 e. The van der Waals surface area contributed by atoms with Gasteiger partial charge in [-0.15, -0.1) is 0 Å². The van der Waals surface area contributed by atoms with Crippen molar-refractivity contribution in [2.24, 2.45) is 4.99 Å². The van der Waals surface area contributed by atoms with Crippen LogP contribution >= 0.6 is 0 Å². The van der Waals surface area contributed by atoms with Crippen LogP contribution in [-0.2, 0) is 9.53 Å². The van der Waals surface area contributed by atoms with Gasteiger partial charge in [0.25, 0.3) is 0 Å². The molecule has 1 amide bonds. The molecule has 1 saturated heterocycles. The largest absolute Gasteiger partial charge is 0.370 e. The molecule has 1 aromatic carbocycles. The quantitative estimate of drug-likeness (QED) is 0.603. The molecule has 1 aromatic rings. The zero-order valence-electron chi connectivity index (χ0n) is 16.4. The zero-order chi connectivity index (χ0) is 18.9. The van der Waals surface area contributed by atoms with Crippen molar-refractivity contribution in [3.8, 4) is 0 Å². The van der Waals surface area contributed by atoms with Crippen LogP contribution in [0.5, 0.6) is 0 Å². The Morgan fingerprint density at radius 2 is 2.15 bits per heavy atom. The maximum absolute atomic E-state index is 11.8. The summed E-state index contributed by atoms with van der Waals surface area (Å²) in [5.74, 6) is 0.895. The standard InChI is InChI=1S/C20H32N4O2/c1-5-21-20(22-11-10-19(25)23-15(2)3)24-12-13-26-18(14-24)17-9-7-6-8-16(17)4/h6-9,15,18H,5,10-14H2,1-4H3,(H,21,22)(H,23,25). The fourth-order valence-electron chi connectivity index (χ4n) is 3.06. The summed E-state index contributed by atoms with van der Waals surface area (Å²) in [5.41, 5.74) is 2.47. The third kappa shape index (κ3) is 6.02. The monoisotopic (exact) mass is 360 g/mol. The smallest absolute Gasteiger partial charge is 0.222 e. The lowest BCUT2D eigenvalue weighted by atomic mass is 10.0. The Bertz CT molecular complexity index is 616. The van der Waals surface area contributed by atoms with Crippen molar-refractivity contribution >= 4 is 11.9 Å². The van der Waals surface area contributed by atoms with Crippen LogP contribution < -0.4 is 10.6 Å². The van der Waals surface area contributed by atoms with Crippen LogP contribution in [0.4, 0.5) is 0 Å². The molecule has 1 atom stereocenters. The van der Waals surface area contributed by atoms with Crippen molar-refractivity contribution < 1.29 is 9.53 Å². The minimum atomic E-state index is 0.0399. The highest BCUT2D eigenvalue weighted by atomic mass is 16.5. The topological polar surface area (TPSA) is 66.0 Å². The van der Waals surface area contributed by atoms with Gasteiger partial charge in [-0.3, -0.25) is 9.79 Å². The first kappa shape index (κ1) is 20.2. The van der Waals surface area contributed by atoms with E-state index in [1.165, 1.54) is 11.1 Å². The number of ether oxygens (including phenoxy) is 1. The number of nitrogens with one attached hydrogen (secondary N) is 2. The Morgan fingerprint density at radius 3 is 2.85 bits per heavy atom. The molecule has 1 aliphatic rings. The molecular weight excluding hydrogens is 328 g/mol. The minimum absolute atomic E-state index is 0.0399. The van der Waals surface area contributed by atoms with Gasteiger partial charge in [0.1, 0.15) is 6.10 Å². The first-order valence-electron chi connectivity index (χ1n) is 9.51. The van der Waals surface area contributed by atoms with E-state index in [1.54, 1.807) is 0 Å². The SMILES string of the molecule is CCNC(=NCCC(=O)NC(C)C)N1CCOC(c2ccccc2C)C1. The van der Waals surface area contributed by atoms with Gasteiger partial charge in [-0.2, -0.15) is 0 Å². The van der Waals surface area contributed by atoms with Crippen molar-refractivity contribution in [1.82, 2.24) is 15.5 Å². The second-order valence-electron chi connectivity index (χ2n) is 6.87. The zero-order valence-corrected chi connectivity index (χ0v) is 16.4. The Morgan fingerprint density at radius 1 is 1.38 bits per heavy atom. The molecule has 2 N–H and O–H groups in total. The lowest BCUT2D eigenvalue weighted by Crippen LogP contribution is -2.48. The number of rotatable bonds is 6. The van der Waals surface area contributed by atoms with Gasteiger partial charge < -0.3 is 20.3 Å². The highest BCUT2D eigenvalue weighted by molar-refractivity contribution is 5.81. The molecule has 1 fully saturated rings. The van der Waals surface area contributed by atoms with Crippen molar-refractivity contribution in [3.63, 3.8) is 0 Å². The van der Waals surface area contributed by atoms with Gasteiger partial charge >= 0.3 is 0 Å². The Labute approximate surface area is 157 Å². The second kappa shape index (κ2) is 10.2. The van der Waals surface area contributed by atoms with Gasteiger partial charge in [-0.1, -0.05) is 24.3 Å². The molecule has 6 heteroatoms. The number of carbonyl (C=O) groups excluding carboxylic acids is 1. The Balaban J connectivity index is 2.00. The molecular formula is C20H32N4O2. The number of benzene rings is 1. The summed E-state index contributed by atoms with van der Waals surface area (Å²) in [6.07, 6.45) is 0.441. The molecule has 0 spiro atoms. The van der Waals surface area contributed by atoms with Crippen LogP contribution in [-0.4, -0.2) is 55.6 Å². The molecule has 1 aliphatic heterocycles. The summed E-state index contributed by atoms with van der Waals surface area (Å²) in [6.45, 7) is 11.6. The summed E-state index contributed by atoms with van der Waals surface area (Å²) in [4.78, 5) is 18.7. The van der Waals surface area contributed by atoms with E-state index in [2.05, 4.69) is 52.6 Å². The lowest BCUT2D eigenvalue weighted by molar-refractivity contribution is -0.121. The predicted molar refractivity (Wildman–Crippen MR) is 105 cm³/mol. The average molecular weight is 361 g/mol. The fourth-order valence-corrected chi connectivity index (χ4v) is 3.06. The van der Waals surface area contributed by atoms with Gasteiger partial charge in [0.05, 0.1) is 19.7 Å².